The number of hydrogen-bond acceptors (Lipinski definition) is 7. The average molecular weight is 560 g/mol. The third-order valence-electron chi connectivity index (χ3n) is 5.29. The molecule has 0 aromatic heterocycles. The Balaban J connectivity index is 1.94. The lowest BCUT2D eigenvalue weighted by molar-refractivity contribution is -0.141. The molecule has 38 heavy (non-hydrogen) atoms. The van der Waals surface area contributed by atoms with Crippen LogP contribution in [0.5, 0.6) is 17.2 Å². The molecular weight excluding hydrogens is 533 g/mol. The fourth-order valence-corrected chi connectivity index (χ4v) is 4.14. The number of halogens is 2. The van der Waals surface area contributed by atoms with Crippen molar-refractivity contribution in [3.63, 3.8) is 0 Å². The van der Waals surface area contributed by atoms with E-state index in [1.165, 1.54) is 25.3 Å². The average Bonchev–Trinajstić information content (AvgIpc) is 2.89. The molecule has 0 aliphatic heterocycles. The quantitative estimate of drug-likeness (QED) is 0.198. The number of ketones is 1. The van der Waals surface area contributed by atoms with E-state index >= 15 is 0 Å². The first-order valence-electron chi connectivity index (χ1n) is 11.7. The Morgan fingerprint density at radius 1 is 0.895 bits per heavy atom. The maximum Gasteiger partial charge on any atom is 0.414 e. The summed E-state index contributed by atoms with van der Waals surface area (Å²) in [6.45, 7) is 5.05. The van der Waals surface area contributed by atoms with Gasteiger partial charge < -0.3 is 18.9 Å². The van der Waals surface area contributed by atoms with Gasteiger partial charge in [-0.15, -0.1) is 0 Å². The second-order valence-corrected chi connectivity index (χ2v) is 8.81. The third-order valence-corrected chi connectivity index (χ3v) is 5.85. The van der Waals surface area contributed by atoms with Crippen LogP contribution in [0.2, 0.25) is 10.0 Å². The zero-order valence-corrected chi connectivity index (χ0v) is 22.9. The van der Waals surface area contributed by atoms with Crippen LogP contribution in [0.15, 0.2) is 54.6 Å². The van der Waals surface area contributed by atoms with Gasteiger partial charge in [-0.05, 0) is 57.2 Å². The van der Waals surface area contributed by atoms with E-state index in [2.05, 4.69) is 0 Å². The molecule has 0 aliphatic carbocycles. The molecule has 0 fully saturated rings. The molecule has 0 radical (unpaired) electrons. The van der Waals surface area contributed by atoms with Crippen LogP contribution in [-0.2, 0) is 14.3 Å². The number of methoxy groups -OCH3 is 1. The Labute approximate surface area is 231 Å². The summed E-state index contributed by atoms with van der Waals surface area (Å²) >= 11 is 13.0. The molecule has 10 heteroatoms. The standard InChI is InChI=1S/C28H27Cl2NO7/c1-5-36-25(32)16-31(28(34)37-6-2)19-13-22(29)27(23(30)14-19)38-20-10-11-24(35-4)21(15-20)26(33)18-9-7-8-17(3)12-18/h7-15H,5-6,16H2,1-4H3. The first kappa shape index (κ1) is 28.8. The molecule has 3 aromatic rings. The first-order valence-corrected chi connectivity index (χ1v) is 12.5. The van der Waals surface area contributed by atoms with Gasteiger partial charge in [0.25, 0.3) is 0 Å². The largest absolute Gasteiger partial charge is 0.496 e. The molecule has 0 unspecified atom stereocenters. The number of anilines is 1. The number of rotatable bonds is 10. The zero-order chi connectivity index (χ0) is 27.8. The van der Waals surface area contributed by atoms with Gasteiger partial charge in [0.05, 0.1) is 41.6 Å². The van der Waals surface area contributed by atoms with Crippen LogP contribution in [0, 0.1) is 6.92 Å². The fourth-order valence-electron chi connectivity index (χ4n) is 3.59. The lowest BCUT2D eigenvalue weighted by atomic mass is 10.0. The maximum absolute atomic E-state index is 13.2. The van der Waals surface area contributed by atoms with Crippen LogP contribution in [0.4, 0.5) is 10.5 Å². The third kappa shape index (κ3) is 6.96. The Hall–Kier alpha value is -3.75. The van der Waals surface area contributed by atoms with Crippen LogP contribution in [0.1, 0.15) is 35.3 Å². The lowest BCUT2D eigenvalue weighted by Crippen LogP contribution is -2.37. The highest BCUT2D eigenvalue weighted by atomic mass is 35.5. The highest BCUT2D eigenvalue weighted by molar-refractivity contribution is 6.37. The summed E-state index contributed by atoms with van der Waals surface area (Å²) in [5.41, 5.74) is 1.95. The number of carbonyl (C=O) groups is 3. The molecule has 0 atom stereocenters. The zero-order valence-electron chi connectivity index (χ0n) is 21.4. The number of benzene rings is 3. The summed E-state index contributed by atoms with van der Waals surface area (Å²) in [6.07, 6.45) is -0.768. The monoisotopic (exact) mass is 559 g/mol. The van der Waals surface area contributed by atoms with Crippen LogP contribution in [0.3, 0.4) is 0 Å². The van der Waals surface area contributed by atoms with Crippen molar-refractivity contribution in [3.8, 4) is 17.2 Å². The number of esters is 1. The minimum absolute atomic E-state index is 0.0630. The van der Waals surface area contributed by atoms with Crippen LogP contribution in [0.25, 0.3) is 0 Å². The highest BCUT2D eigenvalue weighted by Gasteiger charge is 2.24. The number of amides is 1. The Kier molecular flexibility index (Phi) is 9.98. The maximum atomic E-state index is 13.2. The second-order valence-electron chi connectivity index (χ2n) is 7.99. The molecule has 3 aromatic carbocycles. The second kappa shape index (κ2) is 13.2. The molecule has 0 aliphatic rings. The van der Waals surface area contributed by atoms with E-state index in [1.807, 2.05) is 13.0 Å². The summed E-state index contributed by atoms with van der Waals surface area (Å²) in [5.74, 6) is -0.117. The molecule has 0 heterocycles. The van der Waals surface area contributed by atoms with Gasteiger partial charge in [-0.2, -0.15) is 0 Å². The number of ether oxygens (including phenoxy) is 4. The summed E-state index contributed by atoms with van der Waals surface area (Å²) in [5, 5.41) is 0.126. The minimum atomic E-state index is -0.768. The molecule has 0 bridgehead atoms. The normalized spacial score (nSPS) is 10.5. The lowest BCUT2D eigenvalue weighted by Gasteiger charge is -2.22. The van der Waals surface area contributed by atoms with Crippen LogP contribution in [-0.4, -0.2) is 44.7 Å². The summed E-state index contributed by atoms with van der Waals surface area (Å²) in [4.78, 5) is 38.9. The first-order chi connectivity index (χ1) is 18.2. The van der Waals surface area contributed by atoms with E-state index in [9.17, 15) is 14.4 Å². The highest BCUT2D eigenvalue weighted by Crippen LogP contribution is 2.41. The van der Waals surface area contributed by atoms with Gasteiger partial charge >= 0.3 is 12.1 Å². The Morgan fingerprint density at radius 2 is 1.58 bits per heavy atom. The van der Waals surface area contributed by atoms with Crippen molar-refractivity contribution in [1.29, 1.82) is 0 Å². The van der Waals surface area contributed by atoms with Gasteiger partial charge in [0.1, 0.15) is 18.0 Å². The van der Waals surface area contributed by atoms with Crippen molar-refractivity contribution < 1.29 is 33.3 Å². The molecule has 8 nitrogen and oxygen atoms in total. The van der Waals surface area contributed by atoms with E-state index < -0.39 is 18.6 Å². The molecular formula is C28H27Cl2NO7. The van der Waals surface area contributed by atoms with Crippen LogP contribution < -0.4 is 14.4 Å². The van der Waals surface area contributed by atoms with E-state index in [4.69, 9.17) is 42.1 Å². The van der Waals surface area contributed by atoms with Gasteiger partial charge in [-0.3, -0.25) is 14.5 Å². The van der Waals surface area contributed by atoms with Crippen LogP contribution >= 0.6 is 23.2 Å². The van der Waals surface area contributed by atoms with E-state index in [1.54, 1.807) is 44.2 Å². The van der Waals surface area contributed by atoms with Gasteiger partial charge in [0.2, 0.25) is 0 Å². The van der Waals surface area contributed by atoms with Crippen molar-refractivity contribution in [2.45, 2.75) is 20.8 Å². The van der Waals surface area contributed by atoms with Gasteiger partial charge in [-0.1, -0.05) is 47.0 Å². The molecule has 0 saturated carbocycles. The number of hydrogen-bond donors (Lipinski definition) is 0. The van der Waals surface area contributed by atoms with Crippen molar-refractivity contribution in [3.05, 3.63) is 81.3 Å². The predicted molar refractivity (Wildman–Crippen MR) is 145 cm³/mol. The molecule has 1 amide bonds. The number of nitrogens with zero attached hydrogens (tertiary/aromatic N) is 1. The van der Waals surface area contributed by atoms with Gasteiger partial charge in [0.15, 0.2) is 11.5 Å². The topological polar surface area (TPSA) is 91.4 Å². The molecule has 0 N–H and O–H groups in total. The van der Waals surface area contributed by atoms with Gasteiger partial charge in [0, 0.05) is 5.56 Å². The van der Waals surface area contributed by atoms with E-state index in [0.29, 0.717) is 16.9 Å². The molecule has 0 spiro atoms. The van der Waals surface area contributed by atoms with Crippen molar-refractivity contribution in [1.82, 2.24) is 0 Å². The molecule has 200 valence electrons. The SMILES string of the molecule is CCOC(=O)CN(C(=O)OCC)c1cc(Cl)c(Oc2ccc(OC)c(C(=O)c3cccc(C)c3)c2)c(Cl)c1. The summed E-state index contributed by atoms with van der Waals surface area (Å²) < 4.78 is 21.4. The fraction of sp³-hybridized carbons (Fsp3) is 0.250. The molecule has 0 saturated heterocycles. The van der Waals surface area contributed by atoms with Crippen molar-refractivity contribution in [2.24, 2.45) is 0 Å². The predicted octanol–water partition coefficient (Wildman–Crippen LogP) is 6.86. The number of aryl methyl sites for hydroxylation is 1. The van der Waals surface area contributed by atoms with E-state index in [0.717, 1.165) is 10.5 Å². The van der Waals surface area contributed by atoms with E-state index in [-0.39, 0.29) is 46.2 Å². The Morgan fingerprint density at radius 3 is 2.18 bits per heavy atom. The van der Waals surface area contributed by atoms with Crippen molar-refractivity contribution >= 4 is 46.7 Å². The minimum Gasteiger partial charge on any atom is -0.496 e. The van der Waals surface area contributed by atoms with Gasteiger partial charge in [-0.25, -0.2) is 4.79 Å². The van der Waals surface area contributed by atoms with Crippen molar-refractivity contribution in [2.75, 3.05) is 31.8 Å². The smallest absolute Gasteiger partial charge is 0.414 e. The Bertz CT molecular complexity index is 1320. The summed E-state index contributed by atoms with van der Waals surface area (Å²) in [6, 6.07) is 14.8. The summed E-state index contributed by atoms with van der Waals surface area (Å²) in [7, 11) is 1.47. The molecule has 3 rings (SSSR count). The number of carbonyl (C=O) groups excluding carboxylic acids is 3.